The van der Waals surface area contributed by atoms with Gasteiger partial charge in [0, 0.05) is 16.2 Å². The maximum absolute atomic E-state index is 11.0. The lowest BCUT2D eigenvalue weighted by Crippen LogP contribution is -2.22. The maximum Gasteiger partial charge on any atom is 0.222 e. The third-order valence-electron chi connectivity index (χ3n) is 2.87. The molecule has 0 aliphatic carbocycles. The van der Waals surface area contributed by atoms with Gasteiger partial charge in [-0.2, -0.15) is 0 Å². The Kier molecular flexibility index (Phi) is 7.49. The van der Waals surface area contributed by atoms with Gasteiger partial charge >= 0.3 is 0 Å². The molecule has 0 heterocycles. The highest BCUT2D eigenvalue weighted by Crippen LogP contribution is 2.21. The molecule has 4 heteroatoms. The molecule has 0 spiro atoms. The van der Waals surface area contributed by atoms with Gasteiger partial charge in [0.05, 0.1) is 5.75 Å². The first-order chi connectivity index (χ1) is 8.74. The molecule has 0 N–H and O–H groups in total. The molecule has 1 unspecified atom stereocenters. The van der Waals surface area contributed by atoms with Gasteiger partial charge in [0.15, 0.2) is 0 Å². The number of hydrogen-bond acceptors (Lipinski definition) is 3. The van der Waals surface area contributed by atoms with E-state index in [1.54, 1.807) is 11.8 Å². The third-order valence-corrected chi connectivity index (χ3v) is 4.03. The molecule has 0 saturated heterocycles. The van der Waals surface area contributed by atoms with Crippen molar-refractivity contribution in [1.29, 1.82) is 0 Å². The molecular formula is C14H21NO2S. The van der Waals surface area contributed by atoms with Crippen LogP contribution in [0.25, 0.3) is 0 Å². The normalized spacial score (nSPS) is 12.3. The number of benzene rings is 1. The first-order valence-corrected chi connectivity index (χ1v) is 7.54. The van der Waals surface area contributed by atoms with Crippen LogP contribution in [0.1, 0.15) is 39.0 Å². The lowest BCUT2D eigenvalue weighted by molar-refractivity contribution is -0.517. The second-order valence-electron chi connectivity index (χ2n) is 4.41. The quantitative estimate of drug-likeness (QED) is 0.288. The standard InChI is InChI=1S/C14H21NO2S/c1-2-3-4-6-9-13(15(16)17)12-18-14-10-7-5-8-11-14/h5,7-8,10-11,13H,2-4,6,9,12H2,1H3. The van der Waals surface area contributed by atoms with Gasteiger partial charge in [0.2, 0.25) is 6.04 Å². The summed E-state index contributed by atoms with van der Waals surface area (Å²) in [5.74, 6) is 0.573. The van der Waals surface area contributed by atoms with Gasteiger partial charge in [-0.05, 0) is 18.6 Å². The van der Waals surface area contributed by atoms with Gasteiger partial charge < -0.3 is 0 Å². The van der Waals surface area contributed by atoms with Crippen molar-refractivity contribution in [2.45, 2.75) is 50.0 Å². The largest absolute Gasteiger partial charge is 0.264 e. The zero-order valence-electron chi connectivity index (χ0n) is 10.9. The summed E-state index contributed by atoms with van der Waals surface area (Å²) in [7, 11) is 0. The van der Waals surface area contributed by atoms with Crippen LogP contribution in [0, 0.1) is 10.1 Å². The van der Waals surface area contributed by atoms with Gasteiger partial charge in [-0.3, -0.25) is 10.1 Å². The summed E-state index contributed by atoms with van der Waals surface area (Å²) in [6.45, 7) is 2.15. The molecular weight excluding hydrogens is 246 g/mol. The second-order valence-corrected chi connectivity index (χ2v) is 5.51. The lowest BCUT2D eigenvalue weighted by atomic mass is 10.1. The van der Waals surface area contributed by atoms with Crippen molar-refractivity contribution in [2.24, 2.45) is 0 Å². The Balaban J connectivity index is 2.32. The Labute approximate surface area is 113 Å². The van der Waals surface area contributed by atoms with Crippen LogP contribution in [0.15, 0.2) is 35.2 Å². The molecule has 0 saturated carbocycles. The molecule has 18 heavy (non-hydrogen) atoms. The van der Waals surface area contributed by atoms with Crippen LogP contribution in [0.5, 0.6) is 0 Å². The monoisotopic (exact) mass is 267 g/mol. The molecule has 1 aromatic rings. The van der Waals surface area contributed by atoms with Crippen molar-refractivity contribution in [3.63, 3.8) is 0 Å². The van der Waals surface area contributed by atoms with E-state index in [4.69, 9.17) is 0 Å². The van der Waals surface area contributed by atoms with Crippen LogP contribution in [-0.2, 0) is 0 Å². The average Bonchev–Trinajstić information content (AvgIpc) is 2.38. The third kappa shape index (κ3) is 6.05. The Hall–Kier alpha value is -1.03. The molecule has 0 radical (unpaired) electrons. The van der Waals surface area contributed by atoms with Gasteiger partial charge in [-0.25, -0.2) is 0 Å². The van der Waals surface area contributed by atoms with Crippen LogP contribution in [0.2, 0.25) is 0 Å². The fourth-order valence-corrected chi connectivity index (χ4v) is 2.79. The fraction of sp³-hybridized carbons (Fsp3) is 0.571. The fourth-order valence-electron chi connectivity index (χ4n) is 1.77. The number of unbranched alkanes of at least 4 members (excludes halogenated alkanes) is 3. The van der Waals surface area contributed by atoms with Gasteiger partial charge in [-0.15, -0.1) is 11.8 Å². The predicted octanol–water partition coefficient (Wildman–Crippen LogP) is 4.39. The van der Waals surface area contributed by atoms with Crippen LogP contribution < -0.4 is 0 Å². The Morgan fingerprint density at radius 2 is 1.94 bits per heavy atom. The summed E-state index contributed by atoms with van der Waals surface area (Å²) >= 11 is 1.58. The minimum absolute atomic E-state index is 0.123. The number of thioether (sulfide) groups is 1. The average molecular weight is 267 g/mol. The lowest BCUT2D eigenvalue weighted by Gasteiger charge is -2.09. The molecule has 0 aliphatic rings. The van der Waals surface area contributed by atoms with E-state index >= 15 is 0 Å². The van der Waals surface area contributed by atoms with Gasteiger partial charge in [0.1, 0.15) is 0 Å². The van der Waals surface area contributed by atoms with Crippen molar-refractivity contribution in [2.75, 3.05) is 5.75 Å². The SMILES string of the molecule is CCCCCCC(CSc1ccccc1)[N+](=O)[O-]. The first kappa shape index (κ1) is 15.0. The van der Waals surface area contributed by atoms with Crippen molar-refractivity contribution < 1.29 is 4.92 Å². The number of rotatable bonds is 9. The highest BCUT2D eigenvalue weighted by molar-refractivity contribution is 7.99. The number of nitro groups is 1. The van der Waals surface area contributed by atoms with E-state index in [2.05, 4.69) is 6.92 Å². The predicted molar refractivity (Wildman–Crippen MR) is 76.7 cm³/mol. The van der Waals surface area contributed by atoms with E-state index in [0.717, 1.165) is 17.7 Å². The van der Waals surface area contributed by atoms with Gasteiger partial charge in [0.25, 0.3) is 0 Å². The molecule has 1 rings (SSSR count). The van der Waals surface area contributed by atoms with Crippen molar-refractivity contribution in [3.05, 3.63) is 40.4 Å². The number of nitrogens with zero attached hydrogens (tertiary/aromatic N) is 1. The minimum Gasteiger partial charge on any atom is -0.264 e. The molecule has 0 aromatic heterocycles. The molecule has 100 valence electrons. The highest BCUT2D eigenvalue weighted by Gasteiger charge is 2.19. The Bertz CT molecular complexity index is 343. The van der Waals surface area contributed by atoms with Crippen LogP contribution in [-0.4, -0.2) is 16.7 Å². The molecule has 3 nitrogen and oxygen atoms in total. The second kappa shape index (κ2) is 8.97. The minimum atomic E-state index is -0.410. The smallest absolute Gasteiger partial charge is 0.222 e. The van der Waals surface area contributed by atoms with Crippen LogP contribution in [0.3, 0.4) is 0 Å². The summed E-state index contributed by atoms with van der Waals surface area (Å²) in [6.07, 6.45) is 5.12. The summed E-state index contributed by atoms with van der Waals surface area (Å²) < 4.78 is 0. The van der Waals surface area contributed by atoms with E-state index in [9.17, 15) is 10.1 Å². The Morgan fingerprint density at radius 3 is 2.56 bits per heavy atom. The van der Waals surface area contributed by atoms with E-state index in [1.807, 2.05) is 30.3 Å². The van der Waals surface area contributed by atoms with E-state index in [0.29, 0.717) is 12.2 Å². The number of hydrogen-bond donors (Lipinski definition) is 0. The molecule has 1 atom stereocenters. The molecule has 1 aromatic carbocycles. The van der Waals surface area contributed by atoms with Gasteiger partial charge in [-0.1, -0.05) is 44.4 Å². The van der Waals surface area contributed by atoms with Crippen molar-refractivity contribution in [1.82, 2.24) is 0 Å². The molecule has 0 amide bonds. The zero-order valence-corrected chi connectivity index (χ0v) is 11.7. The Morgan fingerprint density at radius 1 is 1.22 bits per heavy atom. The first-order valence-electron chi connectivity index (χ1n) is 6.55. The molecule has 0 fully saturated rings. The van der Waals surface area contributed by atoms with Crippen LogP contribution >= 0.6 is 11.8 Å². The summed E-state index contributed by atoms with van der Waals surface area (Å²) in [6, 6.07) is 9.47. The topological polar surface area (TPSA) is 43.1 Å². The summed E-state index contributed by atoms with van der Waals surface area (Å²) in [5.41, 5.74) is 0. The van der Waals surface area contributed by atoms with E-state index in [1.165, 1.54) is 12.8 Å². The van der Waals surface area contributed by atoms with E-state index in [-0.39, 0.29) is 4.92 Å². The summed E-state index contributed by atoms with van der Waals surface area (Å²) in [4.78, 5) is 12.0. The molecule has 0 bridgehead atoms. The zero-order chi connectivity index (χ0) is 13.2. The van der Waals surface area contributed by atoms with Crippen molar-refractivity contribution in [3.8, 4) is 0 Å². The maximum atomic E-state index is 11.0. The van der Waals surface area contributed by atoms with E-state index < -0.39 is 6.04 Å². The van der Waals surface area contributed by atoms with Crippen molar-refractivity contribution >= 4 is 11.8 Å². The van der Waals surface area contributed by atoms with Crippen LogP contribution in [0.4, 0.5) is 0 Å². The highest BCUT2D eigenvalue weighted by atomic mass is 32.2. The molecule has 0 aliphatic heterocycles. The summed E-state index contributed by atoms with van der Waals surface area (Å²) in [5, 5.41) is 11.0.